The van der Waals surface area contributed by atoms with Crippen LogP contribution in [0.25, 0.3) is 0 Å². The van der Waals surface area contributed by atoms with Gasteiger partial charge >= 0.3 is 0 Å². The van der Waals surface area contributed by atoms with E-state index in [1.165, 1.54) is 18.4 Å². The van der Waals surface area contributed by atoms with Gasteiger partial charge in [-0.15, -0.1) is 24.0 Å². The van der Waals surface area contributed by atoms with Crippen LogP contribution in [-0.2, 0) is 21.3 Å². The standard InChI is InChI=1S/C17H28N4O3S.HI/c1-18-17(21-10-9-15(12-21)13-24-4)19-11-14-5-7-16(8-6-14)25(22,23)20(2)3;/h5-8,15H,9-13H2,1-4H3,(H,18,19);1H. The average molecular weight is 496 g/mol. The van der Waals surface area contributed by atoms with E-state index in [0.29, 0.717) is 17.4 Å². The fourth-order valence-corrected chi connectivity index (χ4v) is 3.80. The Morgan fingerprint density at radius 3 is 2.54 bits per heavy atom. The quantitative estimate of drug-likeness (QED) is 0.368. The molecule has 1 N–H and O–H groups in total. The summed E-state index contributed by atoms with van der Waals surface area (Å²) in [6, 6.07) is 6.93. The molecule has 0 saturated carbocycles. The van der Waals surface area contributed by atoms with Crippen molar-refractivity contribution in [2.45, 2.75) is 17.9 Å². The van der Waals surface area contributed by atoms with Crippen molar-refractivity contribution in [1.82, 2.24) is 14.5 Å². The van der Waals surface area contributed by atoms with Gasteiger partial charge in [0, 0.05) is 53.8 Å². The van der Waals surface area contributed by atoms with Crippen LogP contribution in [0.3, 0.4) is 0 Å². The number of hydrogen-bond donors (Lipinski definition) is 1. The largest absolute Gasteiger partial charge is 0.384 e. The Kier molecular flexibility index (Phi) is 9.28. The third-order valence-electron chi connectivity index (χ3n) is 4.35. The summed E-state index contributed by atoms with van der Waals surface area (Å²) in [7, 11) is 3.18. The van der Waals surface area contributed by atoms with E-state index < -0.39 is 10.0 Å². The Morgan fingerprint density at radius 1 is 1.35 bits per heavy atom. The molecule has 7 nitrogen and oxygen atoms in total. The van der Waals surface area contributed by atoms with E-state index in [4.69, 9.17) is 4.74 Å². The molecular formula is C17H29IN4O3S. The van der Waals surface area contributed by atoms with Crippen LogP contribution in [0.2, 0.25) is 0 Å². The molecule has 1 aliphatic heterocycles. The van der Waals surface area contributed by atoms with Gasteiger partial charge in [-0.05, 0) is 24.1 Å². The molecule has 0 bridgehead atoms. The molecule has 26 heavy (non-hydrogen) atoms. The molecule has 0 aliphatic carbocycles. The van der Waals surface area contributed by atoms with Crippen molar-refractivity contribution in [2.24, 2.45) is 10.9 Å². The molecule has 0 amide bonds. The van der Waals surface area contributed by atoms with Crippen LogP contribution < -0.4 is 5.32 Å². The van der Waals surface area contributed by atoms with Gasteiger partial charge in [0.15, 0.2) is 5.96 Å². The molecule has 1 aliphatic rings. The summed E-state index contributed by atoms with van der Waals surface area (Å²) in [6.45, 7) is 3.27. The average Bonchev–Trinajstić information content (AvgIpc) is 3.04. The van der Waals surface area contributed by atoms with Gasteiger partial charge in [-0.3, -0.25) is 4.99 Å². The molecule has 9 heteroatoms. The van der Waals surface area contributed by atoms with E-state index in [1.54, 1.807) is 26.3 Å². The number of methoxy groups -OCH3 is 1. The van der Waals surface area contributed by atoms with Crippen molar-refractivity contribution in [3.8, 4) is 0 Å². The lowest BCUT2D eigenvalue weighted by molar-refractivity contribution is 0.157. The number of guanidine groups is 1. The summed E-state index contributed by atoms with van der Waals surface area (Å²) in [5.74, 6) is 1.41. The minimum atomic E-state index is -3.39. The van der Waals surface area contributed by atoms with Gasteiger partial charge < -0.3 is 15.0 Å². The first-order valence-electron chi connectivity index (χ1n) is 8.34. The number of sulfonamides is 1. The fraction of sp³-hybridized carbons (Fsp3) is 0.588. The van der Waals surface area contributed by atoms with E-state index in [2.05, 4.69) is 15.2 Å². The second-order valence-electron chi connectivity index (χ2n) is 6.39. The van der Waals surface area contributed by atoms with Gasteiger partial charge in [0.1, 0.15) is 0 Å². The lowest BCUT2D eigenvalue weighted by atomic mass is 10.1. The molecule has 0 aromatic heterocycles. The van der Waals surface area contributed by atoms with Crippen LogP contribution in [0.5, 0.6) is 0 Å². The highest BCUT2D eigenvalue weighted by atomic mass is 127. The summed E-state index contributed by atoms with van der Waals surface area (Å²) in [5, 5.41) is 3.35. The smallest absolute Gasteiger partial charge is 0.242 e. The van der Waals surface area contributed by atoms with Crippen molar-refractivity contribution in [3.63, 3.8) is 0 Å². The molecule has 148 valence electrons. The van der Waals surface area contributed by atoms with E-state index in [9.17, 15) is 8.42 Å². The van der Waals surface area contributed by atoms with Crippen LogP contribution in [-0.4, -0.2) is 71.5 Å². The maximum atomic E-state index is 12.1. The number of aliphatic imine (C=N–C) groups is 1. The highest BCUT2D eigenvalue weighted by molar-refractivity contribution is 14.0. The number of nitrogens with one attached hydrogen (secondary N) is 1. The van der Waals surface area contributed by atoms with Gasteiger partial charge in [0.25, 0.3) is 0 Å². The Hall–Kier alpha value is -0.910. The molecule has 0 radical (unpaired) electrons. The van der Waals surface area contributed by atoms with Crippen LogP contribution in [0, 0.1) is 5.92 Å². The monoisotopic (exact) mass is 496 g/mol. The van der Waals surface area contributed by atoms with Crippen molar-refractivity contribution in [3.05, 3.63) is 29.8 Å². The third kappa shape index (κ3) is 5.80. The molecule has 1 unspecified atom stereocenters. The van der Waals surface area contributed by atoms with Crippen molar-refractivity contribution < 1.29 is 13.2 Å². The van der Waals surface area contributed by atoms with Gasteiger partial charge in [-0.25, -0.2) is 12.7 Å². The van der Waals surface area contributed by atoms with E-state index in [-0.39, 0.29) is 24.0 Å². The SMILES string of the molecule is CN=C(NCc1ccc(S(=O)(=O)N(C)C)cc1)N1CCC(COC)C1.I. The molecule has 1 saturated heterocycles. The highest BCUT2D eigenvalue weighted by Gasteiger charge is 2.24. The second-order valence-corrected chi connectivity index (χ2v) is 8.54. The van der Waals surface area contributed by atoms with Gasteiger partial charge in [-0.1, -0.05) is 12.1 Å². The Labute approximate surface area is 173 Å². The molecule has 0 spiro atoms. The number of rotatable bonds is 6. The summed E-state index contributed by atoms with van der Waals surface area (Å²) in [5.41, 5.74) is 1.01. The summed E-state index contributed by atoms with van der Waals surface area (Å²) >= 11 is 0. The molecule has 1 aromatic rings. The Morgan fingerprint density at radius 2 is 2.00 bits per heavy atom. The number of hydrogen-bond acceptors (Lipinski definition) is 4. The lowest BCUT2D eigenvalue weighted by Gasteiger charge is -2.21. The zero-order chi connectivity index (χ0) is 18.4. The molecular weight excluding hydrogens is 467 g/mol. The lowest BCUT2D eigenvalue weighted by Crippen LogP contribution is -2.39. The Bertz CT molecular complexity index is 692. The maximum absolute atomic E-state index is 12.1. The van der Waals surface area contributed by atoms with Crippen molar-refractivity contribution in [2.75, 3.05) is 47.9 Å². The Balaban J connectivity index is 0.00000338. The van der Waals surface area contributed by atoms with E-state index >= 15 is 0 Å². The zero-order valence-electron chi connectivity index (χ0n) is 15.8. The first-order chi connectivity index (χ1) is 11.9. The minimum absolute atomic E-state index is 0. The van der Waals surface area contributed by atoms with Crippen molar-refractivity contribution in [1.29, 1.82) is 0 Å². The van der Waals surface area contributed by atoms with Gasteiger partial charge in [-0.2, -0.15) is 0 Å². The minimum Gasteiger partial charge on any atom is -0.384 e. The number of halogens is 1. The third-order valence-corrected chi connectivity index (χ3v) is 6.18. The molecule has 1 fully saturated rings. The van der Waals surface area contributed by atoms with Crippen LogP contribution >= 0.6 is 24.0 Å². The predicted octanol–water partition coefficient (Wildman–Crippen LogP) is 1.60. The number of benzene rings is 1. The topological polar surface area (TPSA) is 74.2 Å². The summed E-state index contributed by atoms with van der Waals surface area (Å²) in [6.07, 6.45) is 1.10. The normalized spacial score (nSPS) is 18.1. The van der Waals surface area contributed by atoms with E-state index in [1.807, 2.05) is 12.1 Å². The van der Waals surface area contributed by atoms with Crippen LogP contribution in [0.4, 0.5) is 0 Å². The summed E-state index contributed by atoms with van der Waals surface area (Å²) < 4.78 is 30.6. The first-order valence-corrected chi connectivity index (χ1v) is 9.78. The molecule has 1 heterocycles. The fourth-order valence-electron chi connectivity index (χ4n) is 2.90. The highest BCUT2D eigenvalue weighted by Crippen LogP contribution is 2.17. The van der Waals surface area contributed by atoms with Crippen molar-refractivity contribution >= 4 is 40.0 Å². The first kappa shape index (κ1) is 23.1. The maximum Gasteiger partial charge on any atom is 0.242 e. The zero-order valence-corrected chi connectivity index (χ0v) is 19.0. The van der Waals surface area contributed by atoms with E-state index in [0.717, 1.165) is 37.6 Å². The summed E-state index contributed by atoms with van der Waals surface area (Å²) in [4.78, 5) is 6.88. The molecule has 2 rings (SSSR count). The molecule has 1 atom stereocenters. The predicted molar refractivity (Wildman–Crippen MR) is 114 cm³/mol. The molecule has 1 aromatic carbocycles. The van der Waals surface area contributed by atoms with Crippen LogP contribution in [0.1, 0.15) is 12.0 Å². The van der Waals surface area contributed by atoms with Gasteiger partial charge in [0.05, 0.1) is 11.5 Å². The number of nitrogens with zero attached hydrogens (tertiary/aromatic N) is 3. The number of ether oxygens (including phenoxy) is 1. The van der Waals surface area contributed by atoms with Crippen LogP contribution in [0.15, 0.2) is 34.2 Å². The second kappa shape index (κ2) is 10.4. The number of likely N-dealkylation sites (tertiary alicyclic amines) is 1. The van der Waals surface area contributed by atoms with Gasteiger partial charge in [0.2, 0.25) is 10.0 Å².